The topological polar surface area (TPSA) is 36.1 Å². The van der Waals surface area contributed by atoms with Crippen molar-refractivity contribution in [1.29, 1.82) is 0 Å². The van der Waals surface area contributed by atoms with Crippen LogP contribution in [0.4, 0.5) is 19.3 Å². The number of halogens is 3. The van der Waals surface area contributed by atoms with E-state index in [1.807, 2.05) is 6.92 Å². The van der Waals surface area contributed by atoms with Gasteiger partial charge in [-0.15, -0.1) is 0 Å². The molecule has 2 atom stereocenters. The highest BCUT2D eigenvalue weighted by Crippen LogP contribution is 2.46. The average Bonchev–Trinajstić information content (AvgIpc) is 3.32. The van der Waals surface area contributed by atoms with E-state index < -0.39 is 17.2 Å². The molecule has 136 valence electrons. The highest BCUT2D eigenvalue weighted by Gasteiger charge is 2.56. The largest absolute Gasteiger partial charge is 0.362 e. The highest BCUT2D eigenvalue weighted by atomic mass is 35.5. The van der Waals surface area contributed by atoms with E-state index >= 15 is 0 Å². The molecule has 0 N–H and O–H groups in total. The fourth-order valence-corrected chi connectivity index (χ4v) is 3.68. The standard InChI is InChI=1S/C19H17ClF2N2O2/c1-12(19(11-26-19)16-7-4-14(21)10-17(16)22)23-8-9-24(18(23)25)15-5-2-13(20)3-6-15/h2-7,10,12H,8-9,11H2,1H3/t12-,19-/m1/s1. The van der Waals surface area contributed by atoms with Crippen LogP contribution in [0.1, 0.15) is 12.5 Å². The molecule has 0 radical (unpaired) electrons. The van der Waals surface area contributed by atoms with Gasteiger partial charge in [0, 0.05) is 35.4 Å². The number of epoxide rings is 1. The van der Waals surface area contributed by atoms with Gasteiger partial charge in [-0.1, -0.05) is 17.7 Å². The minimum atomic E-state index is -0.927. The number of carbonyl (C=O) groups excluding carboxylic acids is 1. The number of urea groups is 1. The molecule has 2 saturated heterocycles. The fourth-order valence-electron chi connectivity index (χ4n) is 3.56. The molecule has 0 bridgehead atoms. The summed E-state index contributed by atoms with van der Waals surface area (Å²) in [5, 5.41) is 0.600. The lowest BCUT2D eigenvalue weighted by atomic mass is 9.91. The van der Waals surface area contributed by atoms with E-state index in [1.54, 1.807) is 34.1 Å². The zero-order valence-corrected chi connectivity index (χ0v) is 14.8. The molecule has 2 amide bonds. The Morgan fingerprint density at radius 1 is 1.15 bits per heavy atom. The smallest absolute Gasteiger partial charge is 0.324 e. The third kappa shape index (κ3) is 2.73. The van der Waals surface area contributed by atoms with Crippen LogP contribution in [-0.4, -0.2) is 36.7 Å². The first kappa shape index (κ1) is 17.2. The monoisotopic (exact) mass is 378 g/mol. The van der Waals surface area contributed by atoms with Gasteiger partial charge in [0.15, 0.2) is 0 Å². The van der Waals surface area contributed by atoms with E-state index in [1.165, 1.54) is 12.1 Å². The first-order valence-corrected chi connectivity index (χ1v) is 8.73. The summed E-state index contributed by atoms with van der Waals surface area (Å²) in [5.74, 6) is -1.29. The Hall–Kier alpha value is -2.18. The molecule has 7 heteroatoms. The van der Waals surface area contributed by atoms with Gasteiger partial charge < -0.3 is 9.64 Å². The van der Waals surface area contributed by atoms with E-state index in [4.69, 9.17) is 16.3 Å². The Bertz CT molecular complexity index is 855. The summed E-state index contributed by atoms with van der Waals surface area (Å²) in [5.41, 5.74) is 0.112. The summed E-state index contributed by atoms with van der Waals surface area (Å²) in [7, 11) is 0. The number of benzene rings is 2. The number of nitrogens with zero attached hydrogens (tertiary/aromatic N) is 2. The first-order valence-electron chi connectivity index (χ1n) is 8.35. The summed E-state index contributed by atoms with van der Waals surface area (Å²) >= 11 is 5.90. The van der Waals surface area contributed by atoms with E-state index in [0.717, 1.165) is 11.8 Å². The van der Waals surface area contributed by atoms with Crippen molar-refractivity contribution in [2.24, 2.45) is 0 Å². The average molecular weight is 379 g/mol. The van der Waals surface area contributed by atoms with Crippen LogP contribution < -0.4 is 4.90 Å². The van der Waals surface area contributed by atoms with Gasteiger partial charge in [0.25, 0.3) is 0 Å². The van der Waals surface area contributed by atoms with Crippen LogP contribution in [0.15, 0.2) is 42.5 Å². The van der Waals surface area contributed by atoms with Gasteiger partial charge in [-0.05, 0) is 37.3 Å². The van der Waals surface area contributed by atoms with Gasteiger partial charge in [-0.25, -0.2) is 13.6 Å². The van der Waals surface area contributed by atoms with Gasteiger partial charge in [0.1, 0.15) is 17.2 Å². The molecule has 2 heterocycles. The van der Waals surface area contributed by atoms with Gasteiger partial charge in [-0.2, -0.15) is 0 Å². The van der Waals surface area contributed by atoms with E-state index in [9.17, 15) is 13.6 Å². The third-order valence-corrected chi connectivity index (χ3v) is 5.42. The Morgan fingerprint density at radius 2 is 1.85 bits per heavy atom. The number of amides is 2. The van der Waals surface area contributed by atoms with Crippen LogP contribution in [0.2, 0.25) is 5.02 Å². The van der Waals surface area contributed by atoms with Crippen molar-refractivity contribution in [1.82, 2.24) is 4.90 Å². The quantitative estimate of drug-likeness (QED) is 0.748. The minimum absolute atomic E-state index is 0.169. The van der Waals surface area contributed by atoms with Crippen LogP contribution in [0, 0.1) is 11.6 Å². The lowest BCUT2D eigenvalue weighted by Crippen LogP contribution is -2.45. The van der Waals surface area contributed by atoms with Crippen LogP contribution in [-0.2, 0) is 10.3 Å². The number of hydrogen-bond acceptors (Lipinski definition) is 2. The molecule has 4 rings (SSSR count). The molecule has 2 fully saturated rings. The molecule has 0 saturated carbocycles. The molecule has 2 aromatic carbocycles. The van der Waals surface area contributed by atoms with E-state index in [2.05, 4.69) is 0 Å². The zero-order chi connectivity index (χ0) is 18.5. The normalized spacial score (nSPS) is 23.5. The van der Waals surface area contributed by atoms with Crippen molar-refractivity contribution >= 4 is 23.3 Å². The second-order valence-electron chi connectivity index (χ2n) is 6.58. The zero-order valence-electron chi connectivity index (χ0n) is 14.1. The van der Waals surface area contributed by atoms with E-state index in [-0.39, 0.29) is 17.6 Å². The van der Waals surface area contributed by atoms with Crippen molar-refractivity contribution in [2.45, 2.75) is 18.6 Å². The lowest BCUT2D eigenvalue weighted by Gasteiger charge is -2.30. The predicted octanol–water partition coefficient (Wildman–Crippen LogP) is 4.17. The highest BCUT2D eigenvalue weighted by molar-refractivity contribution is 6.30. The molecular formula is C19H17ClF2N2O2. The van der Waals surface area contributed by atoms with Gasteiger partial charge in [-0.3, -0.25) is 4.90 Å². The molecule has 2 aliphatic heterocycles. The van der Waals surface area contributed by atoms with Crippen LogP contribution in [0.3, 0.4) is 0 Å². The summed E-state index contributed by atoms with van der Waals surface area (Å²) in [6.07, 6.45) is 0. The van der Waals surface area contributed by atoms with Gasteiger partial charge in [0.2, 0.25) is 0 Å². The number of rotatable bonds is 4. The maximum Gasteiger partial charge on any atom is 0.324 e. The maximum atomic E-state index is 14.3. The Morgan fingerprint density at radius 3 is 2.46 bits per heavy atom. The second-order valence-corrected chi connectivity index (χ2v) is 7.02. The lowest BCUT2D eigenvalue weighted by molar-refractivity contribution is 0.148. The van der Waals surface area contributed by atoms with Crippen LogP contribution in [0.5, 0.6) is 0 Å². The summed E-state index contributed by atoms with van der Waals surface area (Å²) < 4.78 is 33.1. The van der Waals surface area contributed by atoms with Crippen molar-refractivity contribution in [3.63, 3.8) is 0 Å². The van der Waals surface area contributed by atoms with Crippen LogP contribution in [0.25, 0.3) is 0 Å². The van der Waals surface area contributed by atoms with Crippen LogP contribution >= 0.6 is 11.6 Å². The predicted molar refractivity (Wildman–Crippen MR) is 94.4 cm³/mol. The summed E-state index contributed by atoms with van der Waals surface area (Å²) in [6, 6.07) is 9.94. The molecule has 2 aliphatic rings. The molecule has 0 aromatic heterocycles. The van der Waals surface area contributed by atoms with Crippen molar-refractivity contribution in [3.05, 3.63) is 64.7 Å². The van der Waals surface area contributed by atoms with Crippen molar-refractivity contribution < 1.29 is 18.3 Å². The third-order valence-electron chi connectivity index (χ3n) is 5.16. The molecule has 0 aliphatic carbocycles. The second kappa shape index (κ2) is 6.21. The number of ether oxygens (including phenoxy) is 1. The number of carbonyl (C=O) groups is 1. The summed E-state index contributed by atoms with van der Waals surface area (Å²) in [6.45, 7) is 3.14. The summed E-state index contributed by atoms with van der Waals surface area (Å²) in [4.78, 5) is 16.2. The fraction of sp³-hybridized carbons (Fsp3) is 0.316. The Balaban J connectivity index is 1.58. The SMILES string of the molecule is C[C@@H](N1CCN(c2ccc(Cl)cc2)C1=O)[C@@]1(c2ccc(F)cc2F)CO1. The number of anilines is 1. The Labute approximate surface area is 154 Å². The maximum absolute atomic E-state index is 14.3. The van der Waals surface area contributed by atoms with Gasteiger partial charge >= 0.3 is 6.03 Å². The molecule has 2 aromatic rings. The van der Waals surface area contributed by atoms with E-state index in [0.29, 0.717) is 24.7 Å². The van der Waals surface area contributed by atoms with Gasteiger partial charge in [0.05, 0.1) is 12.6 Å². The van der Waals surface area contributed by atoms with Crippen molar-refractivity contribution in [2.75, 3.05) is 24.6 Å². The van der Waals surface area contributed by atoms with Crippen molar-refractivity contribution in [3.8, 4) is 0 Å². The Kier molecular flexibility index (Phi) is 4.12. The number of hydrogen-bond donors (Lipinski definition) is 0. The molecular weight excluding hydrogens is 362 g/mol. The molecule has 0 spiro atoms. The molecule has 0 unspecified atom stereocenters. The minimum Gasteiger partial charge on any atom is -0.362 e. The first-order chi connectivity index (χ1) is 12.4. The molecule has 26 heavy (non-hydrogen) atoms. The molecule has 4 nitrogen and oxygen atoms in total.